The molecule has 1 aliphatic rings. The van der Waals surface area contributed by atoms with Crippen LogP contribution in [0.1, 0.15) is 50.1 Å². The minimum absolute atomic E-state index is 0.0228. The van der Waals surface area contributed by atoms with E-state index in [1.165, 1.54) is 4.90 Å². The van der Waals surface area contributed by atoms with Gasteiger partial charge in [0.2, 0.25) is 0 Å². The van der Waals surface area contributed by atoms with Crippen molar-refractivity contribution in [2.24, 2.45) is 5.92 Å². The van der Waals surface area contributed by atoms with Crippen molar-refractivity contribution >= 4 is 17.4 Å². The lowest BCUT2D eigenvalue weighted by Gasteiger charge is -2.25. The van der Waals surface area contributed by atoms with Crippen LogP contribution in [0.2, 0.25) is 0 Å². The molecule has 3 aromatic rings. The molecule has 7 nitrogen and oxygen atoms in total. The smallest absolute Gasteiger partial charge is 0.296 e. The molecular weight excluding hydrogens is 468 g/mol. The Balaban J connectivity index is 1.81. The van der Waals surface area contributed by atoms with Gasteiger partial charge in [0.05, 0.1) is 37.1 Å². The zero-order chi connectivity index (χ0) is 26.4. The summed E-state index contributed by atoms with van der Waals surface area (Å²) in [6.45, 7) is 7.30. The van der Waals surface area contributed by atoms with Crippen LogP contribution in [-0.4, -0.2) is 39.9 Å². The topological polar surface area (TPSA) is 89.0 Å². The Morgan fingerprint density at radius 3 is 2.46 bits per heavy atom. The summed E-state index contributed by atoms with van der Waals surface area (Å²) in [5.41, 5.74) is 1.73. The summed E-state index contributed by atoms with van der Waals surface area (Å²) in [4.78, 5) is 32.5. The number of aromatic nitrogens is 1. The van der Waals surface area contributed by atoms with Crippen LogP contribution in [-0.2, 0) is 16.1 Å². The van der Waals surface area contributed by atoms with E-state index in [4.69, 9.17) is 9.47 Å². The van der Waals surface area contributed by atoms with Gasteiger partial charge in [-0.25, -0.2) is 0 Å². The SMILES string of the molecule is CCCOc1cccc(/C(O)=C2/C(=O)C(=O)N(Cc3ccccn3)C2c2cccc(OCC(C)C)c2)c1. The average Bonchev–Trinajstić information content (AvgIpc) is 3.16. The number of aliphatic hydroxyl groups excluding tert-OH is 1. The van der Waals surface area contributed by atoms with Gasteiger partial charge in [-0.05, 0) is 54.3 Å². The van der Waals surface area contributed by atoms with Crippen LogP contribution in [0.15, 0.2) is 78.5 Å². The Bertz CT molecular complexity index is 1290. The third kappa shape index (κ3) is 6.00. The lowest BCUT2D eigenvalue weighted by Crippen LogP contribution is -2.29. The average molecular weight is 501 g/mol. The van der Waals surface area contributed by atoms with Crippen LogP contribution < -0.4 is 9.47 Å². The molecule has 0 bridgehead atoms. The molecule has 1 atom stereocenters. The molecule has 4 rings (SSSR count). The number of hydrogen-bond acceptors (Lipinski definition) is 6. The first-order valence-electron chi connectivity index (χ1n) is 12.5. The molecule has 0 spiro atoms. The van der Waals surface area contributed by atoms with E-state index >= 15 is 0 Å². The van der Waals surface area contributed by atoms with Crippen LogP contribution in [0.25, 0.3) is 5.76 Å². The Labute approximate surface area is 217 Å². The highest BCUT2D eigenvalue weighted by Crippen LogP contribution is 2.41. The first kappa shape index (κ1) is 25.9. The maximum absolute atomic E-state index is 13.4. The molecule has 1 amide bonds. The van der Waals surface area contributed by atoms with Gasteiger partial charge in [0.1, 0.15) is 17.3 Å². The molecule has 37 heavy (non-hydrogen) atoms. The number of benzene rings is 2. The number of amides is 1. The number of ether oxygens (including phenoxy) is 2. The summed E-state index contributed by atoms with van der Waals surface area (Å²) in [5.74, 6) is -0.141. The number of likely N-dealkylation sites (tertiary alicyclic amines) is 1. The van der Waals surface area contributed by atoms with Crippen LogP contribution in [0, 0.1) is 5.92 Å². The third-order valence-corrected chi connectivity index (χ3v) is 5.94. The van der Waals surface area contributed by atoms with Crippen molar-refractivity contribution in [2.75, 3.05) is 13.2 Å². The molecular formula is C30H32N2O5. The maximum atomic E-state index is 13.4. The fourth-order valence-corrected chi connectivity index (χ4v) is 4.20. The molecule has 192 valence electrons. The number of rotatable bonds is 10. The number of ketones is 1. The minimum atomic E-state index is -0.815. The van der Waals surface area contributed by atoms with E-state index in [1.54, 1.807) is 42.6 Å². The number of aliphatic hydroxyl groups is 1. The third-order valence-electron chi connectivity index (χ3n) is 5.94. The minimum Gasteiger partial charge on any atom is -0.507 e. The van der Waals surface area contributed by atoms with Gasteiger partial charge in [-0.1, -0.05) is 51.1 Å². The van der Waals surface area contributed by atoms with Gasteiger partial charge in [-0.15, -0.1) is 0 Å². The summed E-state index contributed by atoms with van der Waals surface area (Å²) in [6.07, 6.45) is 2.48. The predicted octanol–water partition coefficient (Wildman–Crippen LogP) is 5.53. The fraction of sp³-hybridized carbons (Fsp3) is 0.300. The summed E-state index contributed by atoms with van der Waals surface area (Å²) >= 11 is 0. The number of nitrogens with zero attached hydrogens (tertiary/aromatic N) is 2. The normalized spacial score (nSPS) is 16.9. The zero-order valence-electron chi connectivity index (χ0n) is 21.4. The predicted molar refractivity (Wildman–Crippen MR) is 141 cm³/mol. The summed E-state index contributed by atoms with van der Waals surface area (Å²) in [5, 5.41) is 11.4. The lowest BCUT2D eigenvalue weighted by atomic mass is 9.95. The highest BCUT2D eigenvalue weighted by Gasteiger charge is 2.46. The monoisotopic (exact) mass is 500 g/mol. The highest BCUT2D eigenvalue weighted by atomic mass is 16.5. The van der Waals surface area contributed by atoms with Gasteiger partial charge in [0.15, 0.2) is 0 Å². The van der Waals surface area contributed by atoms with Crippen LogP contribution in [0.4, 0.5) is 0 Å². The van der Waals surface area contributed by atoms with Crippen molar-refractivity contribution in [1.82, 2.24) is 9.88 Å². The van der Waals surface area contributed by atoms with Crippen molar-refractivity contribution in [3.63, 3.8) is 0 Å². The largest absolute Gasteiger partial charge is 0.507 e. The standard InChI is InChI=1S/C30H32N2O5/c1-4-15-36-24-12-8-10-22(17-24)28(33)26-27(21-9-7-13-25(16-21)37-19-20(2)3)32(30(35)29(26)34)18-23-11-5-6-14-31-23/h5-14,16-17,20,27,33H,4,15,18-19H2,1-3H3/b28-26-. The van der Waals surface area contributed by atoms with E-state index < -0.39 is 17.7 Å². The number of pyridine rings is 1. The van der Waals surface area contributed by atoms with E-state index in [2.05, 4.69) is 18.8 Å². The van der Waals surface area contributed by atoms with E-state index in [0.717, 1.165) is 6.42 Å². The second-order valence-electron chi connectivity index (χ2n) is 9.40. The number of Topliss-reactive ketones (excluding diaryl/α,β-unsaturated/α-hetero) is 1. The molecule has 1 unspecified atom stereocenters. The number of hydrogen-bond donors (Lipinski definition) is 1. The van der Waals surface area contributed by atoms with Gasteiger partial charge in [0, 0.05) is 11.8 Å². The molecule has 2 aromatic carbocycles. The Hall–Kier alpha value is -4.13. The molecule has 1 fully saturated rings. The van der Waals surface area contributed by atoms with Gasteiger partial charge >= 0.3 is 0 Å². The Morgan fingerprint density at radius 1 is 1.00 bits per heavy atom. The molecule has 1 saturated heterocycles. The summed E-state index contributed by atoms with van der Waals surface area (Å²) < 4.78 is 11.6. The molecule has 2 heterocycles. The van der Waals surface area contributed by atoms with Gasteiger partial charge in [-0.2, -0.15) is 0 Å². The molecule has 7 heteroatoms. The number of carbonyl (C=O) groups is 2. The lowest BCUT2D eigenvalue weighted by molar-refractivity contribution is -0.140. The van der Waals surface area contributed by atoms with Crippen LogP contribution >= 0.6 is 0 Å². The Morgan fingerprint density at radius 2 is 1.76 bits per heavy atom. The van der Waals surface area contributed by atoms with Gasteiger partial charge in [-0.3, -0.25) is 14.6 Å². The van der Waals surface area contributed by atoms with Crippen molar-refractivity contribution in [1.29, 1.82) is 0 Å². The fourth-order valence-electron chi connectivity index (χ4n) is 4.20. The van der Waals surface area contributed by atoms with E-state index in [-0.39, 0.29) is 17.9 Å². The van der Waals surface area contributed by atoms with Gasteiger partial charge < -0.3 is 19.5 Å². The summed E-state index contributed by atoms with van der Waals surface area (Å²) in [7, 11) is 0. The summed E-state index contributed by atoms with van der Waals surface area (Å²) in [6, 6.07) is 18.8. The van der Waals surface area contributed by atoms with E-state index in [9.17, 15) is 14.7 Å². The Kier molecular flexibility index (Phi) is 8.23. The first-order chi connectivity index (χ1) is 17.9. The molecule has 1 aromatic heterocycles. The molecule has 0 saturated carbocycles. The van der Waals surface area contributed by atoms with Crippen molar-refractivity contribution < 1.29 is 24.2 Å². The van der Waals surface area contributed by atoms with Crippen molar-refractivity contribution in [2.45, 2.75) is 39.8 Å². The zero-order valence-corrected chi connectivity index (χ0v) is 21.4. The molecule has 0 radical (unpaired) electrons. The quantitative estimate of drug-likeness (QED) is 0.224. The van der Waals surface area contributed by atoms with Gasteiger partial charge in [0.25, 0.3) is 11.7 Å². The van der Waals surface area contributed by atoms with Crippen molar-refractivity contribution in [3.8, 4) is 11.5 Å². The second kappa shape index (κ2) is 11.7. The van der Waals surface area contributed by atoms with E-state index in [0.29, 0.717) is 47.5 Å². The number of carbonyl (C=O) groups excluding carboxylic acids is 2. The maximum Gasteiger partial charge on any atom is 0.296 e. The molecule has 0 aliphatic carbocycles. The van der Waals surface area contributed by atoms with Crippen LogP contribution in [0.3, 0.4) is 0 Å². The molecule has 1 N–H and O–H groups in total. The van der Waals surface area contributed by atoms with Crippen LogP contribution in [0.5, 0.6) is 11.5 Å². The van der Waals surface area contributed by atoms with E-state index in [1.807, 2.05) is 37.3 Å². The molecule has 1 aliphatic heterocycles. The highest BCUT2D eigenvalue weighted by molar-refractivity contribution is 6.46. The first-order valence-corrected chi connectivity index (χ1v) is 12.5. The van der Waals surface area contributed by atoms with Crippen molar-refractivity contribution in [3.05, 3.63) is 95.3 Å². The second-order valence-corrected chi connectivity index (χ2v) is 9.40.